The highest BCUT2D eigenvalue weighted by atomic mass is 35.5. The molecule has 19 heavy (non-hydrogen) atoms. The molecular formula is C15H12ClNO2. The fraction of sp³-hybridized carbons (Fsp3) is 0.133. The fourth-order valence-corrected chi connectivity index (χ4v) is 2.30. The number of carbonyl (C=O) groups excluding carboxylic acids is 1. The molecule has 0 saturated heterocycles. The Labute approximate surface area is 116 Å². The monoisotopic (exact) mass is 273 g/mol. The van der Waals surface area contributed by atoms with E-state index in [2.05, 4.69) is 5.32 Å². The smallest absolute Gasteiger partial charge is 0.253 e. The second kappa shape index (κ2) is 4.59. The molecule has 2 aromatic rings. The molecule has 1 amide bonds. The Morgan fingerprint density at radius 1 is 1.05 bits per heavy atom. The molecule has 1 atom stereocenters. The van der Waals surface area contributed by atoms with Crippen molar-refractivity contribution in [3.8, 4) is 5.75 Å². The van der Waals surface area contributed by atoms with Gasteiger partial charge in [0.05, 0.1) is 5.69 Å². The van der Waals surface area contributed by atoms with E-state index >= 15 is 0 Å². The van der Waals surface area contributed by atoms with Crippen LogP contribution in [0.5, 0.6) is 5.75 Å². The third-order valence-electron chi connectivity index (χ3n) is 3.15. The number of benzene rings is 2. The van der Waals surface area contributed by atoms with Crippen LogP contribution in [0.15, 0.2) is 54.6 Å². The topological polar surface area (TPSA) is 38.3 Å². The van der Waals surface area contributed by atoms with Crippen molar-refractivity contribution in [2.45, 2.75) is 4.87 Å². The summed E-state index contributed by atoms with van der Waals surface area (Å²) < 4.78 is 5.67. The first-order chi connectivity index (χ1) is 9.20. The third-order valence-corrected chi connectivity index (χ3v) is 3.65. The van der Waals surface area contributed by atoms with Gasteiger partial charge in [-0.05, 0) is 17.7 Å². The number of anilines is 1. The van der Waals surface area contributed by atoms with E-state index in [-0.39, 0.29) is 12.5 Å². The summed E-state index contributed by atoms with van der Waals surface area (Å²) in [5.74, 6) is 0.361. The lowest BCUT2D eigenvalue weighted by molar-refractivity contribution is -0.119. The van der Waals surface area contributed by atoms with Gasteiger partial charge in [0.2, 0.25) is 0 Å². The van der Waals surface area contributed by atoms with Gasteiger partial charge in [-0.15, -0.1) is 0 Å². The second-order valence-electron chi connectivity index (χ2n) is 4.41. The lowest BCUT2D eigenvalue weighted by Crippen LogP contribution is -2.38. The minimum absolute atomic E-state index is 0.0986. The van der Waals surface area contributed by atoms with Crippen molar-refractivity contribution >= 4 is 23.2 Å². The molecule has 0 spiro atoms. The van der Waals surface area contributed by atoms with Gasteiger partial charge >= 0.3 is 0 Å². The minimum atomic E-state index is -1.21. The van der Waals surface area contributed by atoms with Gasteiger partial charge in [0, 0.05) is 0 Å². The SMILES string of the molecule is O=C1Nc2ccccc2OCC1(Cl)c1ccccc1. The summed E-state index contributed by atoms with van der Waals surface area (Å²) in [6, 6.07) is 16.5. The molecule has 0 saturated carbocycles. The average Bonchev–Trinajstić information content (AvgIpc) is 2.59. The highest BCUT2D eigenvalue weighted by molar-refractivity contribution is 6.36. The highest BCUT2D eigenvalue weighted by Gasteiger charge is 2.41. The van der Waals surface area contributed by atoms with Gasteiger partial charge in [-0.1, -0.05) is 54.1 Å². The van der Waals surface area contributed by atoms with Crippen LogP contribution < -0.4 is 10.1 Å². The summed E-state index contributed by atoms with van der Waals surface area (Å²) in [7, 11) is 0. The standard InChI is InChI=1S/C15H12ClNO2/c16-15(11-6-2-1-3-7-11)10-19-13-9-5-4-8-12(13)17-14(15)18/h1-9H,10H2,(H,17,18). The minimum Gasteiger partial charge on any atom is -0.489 e. The summed E-state index contributed by atoms with van der Waals surface area (Å²) >= 11 is 6.51. The molecule has 1 aliphatic rings. The molecule has 0 bridgehead atoms. The Bertz CT molecular complexity index is 615. The number of carbonyl (C=O) groups is 1. The Morgan fingerprint density at radius 2 is 1.74 bits per heavy atom. The van der Waals surface area contributed by atoms with Crippen molar-refractivity contribution in [2.24, 2.45) is 0 Å². The van der Waals surface area contributed by atoms with Gasteiger partial charge in [-0.25, -0.2) is 0 Å². The van der Waals surface area contributed by atoms with Gasteiger partial charge in [0.15, 0.2) is 4.87 Å². The first kappa shape index (κ1) is 12.1. The number of nitrogens with one attached hydrogen (secondary N) is 1. The zero-order valence-electron chi connectivity index (χ0n) is 10.1. The molecule has 3 rings (SSSR count). The van der Waals surface area contributed by atoms with E-state index in [4.69, 9.17) is 16.3 Å². The summed E-state index contributed by atoms with van der Waals surface area (Å²) in [6.45, 7) is 0.0986. The van der Waals surface area contributed by atoms with Crippen LogP contribution in [0, 0.1) is 0 Å². The van der Waals surface area contributed by atoms with Gasteiger partial charge in [0.1, 0.15) is 12.4 Å². The molecule has 0 fully saturated rings. The van der Waals surface area contributed by atoms with E-state index in [1.807, 2.05) is 48.5 Å². The Hall–Kier alpha value is -2.00. The number of ether oxygens (including phenoxy) is 1. The first-order valence-corrected chi connectivity index (χ1v) is 6.36. The van der Waals surface area contributed by atoms with Crippen molar-refractivity contribution in [2.75, 3.05) is 11.9 Å². The number of amides is 1. The number of para-hydroxylation sites is 2. The van der Waals surface area contributed by atoms with Crippen molar-refractivity contribution in [1.29, 1.82) is 0 Å². The number of hydrogen-bond acceptors (Lipinski definition) is 2. The number of halogens is 1. The summed E-state index contributed by atoms with van der Waals surface area (Å²) in [5.41, 5.74) is 1.37. The van der Waals surface area contributed by atoms with Crippen molar-refractivity contribution in [1.82, 2.24) is 0 Å². The van der Waals surface area contributed by atoms with Crippen molar-refractivity contribution in [3.05, 3.63) is 60.2 Å². The van der Waals surface area contributed by atoms with E-state index in [0.29, 0.717) is 11.4 Å². The quantitative estimate of drug-likeness (QED) is 0.811. The van der Waals surface area contributed by atoms with E-state index in [1.165, 1.54) is 0 Å². The molecule has 1 heterocycles. The van der Waals surface area contributed by atoms with E-state index in [1.54, 1.807) is 6.07 Å². The van der Waals surface area contributed by atoms with E-state index < -0.39 is 4.87 Å². The van der Waals surface area contributed by atoms with Crippen LogP contribution in [-0.2, 0) is 9.67 Å². The second-order valence-corrected chi connectivity index (χ2v) is 5.05. The van der Waals surface area contributed by atoms with Crippen molar-refractivity contribution in [3.63, 3.8) is 0 Å². The molecule has 1 N–H and O–H groups in total. The normalized spacial score (nSPS) is 21.8. The third kappa shape index (κ3) is 2.06. The molecule has 0 aromatic heterocycles. The highest BCUT2D eigenvalue weighted by Crippen LogP contribution is 2.37. The first-order valence-electron chi connectivity index (χ1n) is 5.98. The summed E-state index contributed by atoms with van der Waals surface area (Å²) in [4.78, 5) is 11.2. The number of fused-ring (bicyclic) bond motifs is 1. The molecule has 1 aliphatic heterocycles. The predicted molar refractivity (Wildman–Crippen MR) is 74.5 cm³/mol. The zero-order valence-corrected chi connectivity index (χ0v) is 10.9. The zero-order chi connectivity index (χ0) is 13.3. The molecule has 1 unspecified atom stereocenters. The van der Waals surface area contributed by atoms with Crippen LogP contribution in [0.25, 0.3) is 0 Å². The van der Waals surface area contributed by atoms with Crippen LogP contribution >= 0.6 is 11.6 Å². The number of rotatable bonds is 1. The Morgan fingerprint density at radius 3 is 2.53 bits per heavy atom. The molecule has 3 nitrogen and oxygen atoms in total. The number of alkyl halides is 1. The van der Waals surface area contributed by atoms with Crippen LogP contribution in [0.4, 0.5) is 5.69 Å². The molecule has 2 aromatic carbocycles. The van der Waals surface area contributed by atoms with Crippen LogP contribution in [-0.4, -0.2) is 12.5 Å². The Balaban J connectivity index is 2.01. The van der Waals surface area contributed by atoms with Gasteiger partial charge in [-0.2, -0.15) is 0 Å². The molecule has 0 radical (unpaired) electrons. The lowest BCUT2D eigenvalue weighted by Gasteiger charge is -2.23. The van der Waals surface area contributed by atoms with E-state index in [0.717, 1.165) is 5.56 Å². The van der Waals surface area contributed by atoms with Crippen molar-refractivity contribution < 1.29 is 9.53 Å². The van der Waals surface area contributed by atoms with Crippen LogP contribution in [0.1, 0.15) is 5.56 Å². The van der Waals surface area contributed by atoms with Crippen LogP contribution in [0.2, 0.25) is 0 Å². The van der Waals surface area contributed by atoms with Crippen LogP contribution in [0.3, 0.4) is 0 Å². The van der Waals surface area contributed by atoms with Gasteiger partial charge in [0.25, 0.3) is 5.91 Å². The summed E-state index contributed by atoms with van der Waals surface area (Å²) in [6.07, 6.45) is 0. The maximum absolute atomic E-state index is 12.4. The largest absolute Gasteiger partial charge is 0.489 e. The molecule has 96 valence electrons. The average molecular weight is 274 g/mol. The maximum atomic E-state index is 12.4. The summed E-state index contributed by atoms with van der Waals surface area (Å²) in [5, 5.41) is 2.82. The van der Waals surface area contributed by atoms with Gasteiger partial charge in [-0.3, -0.25) is 4.79 Å². The van der Waals surface area contributed by atoms with E-state index in [9.17, 15) is 4.79 Å². The predicted octanol–water partition coefficient (Wildman–Crippen LogP) is 3.15. The molecule has 0 aliphatic carbocycles. The molecule has 4 heteroatoms. The fourth-order valence-electron chi connectivity index (χ4n) is 2.08. The Kier molecular flexibility index (Phi) is 2.91. The maximum Gasteiger partial charge on any atom is 0.253 e. The molecular weight excluding hydrogens is 262 g/mol. The lowest BCUT2D eigenvalue weighted by atomic mass is 9.98. The number of hydrogen-bond donors (Lipinski definition) is 1. The van der Waals surface area contributed by atoms with Gasteiger partial charge < -0.3 is 10.1 Å².